The highest BCUT2D eigenvalue weighted by molar-refractivity contribution is 9.10. The molecule has 3 heterocycles. The molecule has 6 nitrogen and oxygen atoms in total. The molecule has 0 bridgehead atoms. The van der Waals surface area contributed by atoms with Crippen LogP contribution in [0.5, 0.6) is 5.75 Å². The average Bonchev–Trinajstić information content (AvgIpc) is 3.41. The van der Waals surface area contributed by atoms with E-state index in [1.54, 1.807) is 30.6 Å². The quantitative estimate of drug-likeness (QED) is 0.352. The first-order chi connectivity index (χ1) is 15.9. The third-order valence-corrected chi connectivity index (χ3v) is 7.30. The van der Waals surface area contributed by atoms with E-state index < -0.39 is 12.0 Å². The number of allylic oxidation sites excluding steroid dienone is 1. The SMILES string of the molecule is C#CCOc1ccc(Br)cc1/C=c1\sc2n(c1=O)[C@@H](c1cccs1)C(C(=O)OCC)=C(C)N=2. The summed E-state index contributed by atoms with van der Waals surface area (Å²) >= 11 is 6.20. The van der Waals surface area contributed by atoms with Crippen molar-refractivity contribution in [2.45, 2.75) is 19.9 Å². The molecule has 0 N–H and O–H groups in total. The smallest absolute Gasteiger partial charge is 0.338 e. The van der Waals surface area contributed by atoms with E-state index in [-0.39, 0.29) is 18.8 Å². The number of hydrogen-bond donors (Lipinski definition) is 0. The minimum atomic E-state index is -0.595. The van der Waals surface area contributed by atoms with Gasteiger partial charge in [0.15, 0.2) is 4.80 Å². The fourth-order valence-electron chi connectivity index (χ4n) is 3.53. The number of esters is 1. The molecule has 4 rings (SSSR count). The van der Waals surface area contributed by atoms with Crippen molar-refractivity contribution < 1.29 is 14.3 Å². The van der Waals surface area contributed by atoms with Crippen molar-refractivity contribution in [1.82, 2.24) is 4.57 Å². The molecule has 0 unspecified atom stereocenters. The van der Waals surface area contributed by atoms with Gasteiger partial charge in [-0.3, -0.25) is 9.36 Å². The Morgan fingerprint density at radius 1 is 1.39 bits per heavy atom. The Morgan fingerprint density at radius 3 is 2.91 bits per heavy atom. The normalized spacial score (nSPS) is 15.6. The Bertz CT molecular complexity index is 1460. The van der Waals surface area contributed by atoms with Crippen LogP contribution in [-0.4, -0.2) is 23.8 Å². The molecular formula is C24H19BrN2O4S2. The van der Waals surface area contributed by atoms with Crippen molar-refractivity contribution in [3.05, 3.63) is 81.6 Å². The van der Waals surface area contributed by atoms with E-state index in [1.165, 1.54) is 22.7 Å². The fraction of sp³-hybridized carbons (Fsp3) is 0.208. The van der Waals surface area contributed by atoms with E-state index >= 15 is 0 Å². The number of thiophene rings is 1. The summed E-state index contributed by atoms with van der Waals surface area (Å²) in [7, 11) is 0. The number of ether oxygens (including phenoxy) is 2. The number of thiazole rings is 1. The van der Waals surface area contributed by atoms with Gasteiger partial charge in [-0.05, 0) is 49.6 Å². The van der Waals surface area contributed by atoms with Crippen LogP contribution in [0.1, 0.15) is 30.3 Å². The third kappa shape index (κ3) is 4.60. The average molecular weight is 543 g/mol. The highest BCUT2D eigenvalue weighted by Crippen LogP contribution is 2.33. The Kier molecular flexibility index (Phi) is 6.98. The van der Waals surface area contributed by atoms with Gasteiger partial charge in [0.2, 0.25) is 0 Å². The minimum Gasteiger partial charge on any atom is -0.480 e. The van der Waals surface area contributed by atoms with Crippen molar-refractivity contribution in [3.8, 4) is 18.1 Å². The number of fused-ring (bicyclic) bond motifs is 1. The van der Waals surface area contributed by atoms with Gasteiger partial charge in [0.25, 0.3) is 5.56 Å². The molecular weight excluding hydrogens is 524 g/mol. The maximum Gasteiger partial charge on any atom is 0.338 e. The first kappa shape index (κ1) is 23.2. The second kappa shape index (κ2) is 9.91. The molecule has 1 aliphatic heterocycles. The van der Waals surface area contributed by atoms with Crippen molar-refractivity contribution >= 4 is 50.6 Å². The van der Waals surface area contributed by atoms with Gasteiger partial charge in [-0.15, -0.1) is 17.8 Å². The van der Waals surface area contributed by atoms with E-state index in [4.69, 9.17) is 15.9 Å². The Hall–Kier alpha value is -2.93. The van der Waals surface area contributed by atoms with Gasteiger partial charge in [0.05, 0.1) is 22.4 Å². The summed E-state index contributed by atoms with van der Waals surface area (Å²) in [6.07, 6.45) is 7.09. The number of aromatic nitrogens is 1. The predicted molar refractivity (Wildman–Crippen MR) is 133 cm³/mol. The molecule has 1 atom stereocenters. The highest BCUT2D eigenvalue weighted by atomic mass is 79.9. The van der Waals surface area contributed by atoms with E-state index in [0.29, 0.717) is 31.9 Å². The number of benzene rings is 1. The maximum absolute atomic E-state index is 13.6. The molecule has 1 aliphatic rings. The Morgan fingerprint density at radius 2 is 2.21 bits per heavy atom. The summed E-state index contributed by atoms with van der Waals surface area (Å²) in [6.45, 7) is 3.87. The van der Waals surface area contributed by atoms with E-state index in [1.807, 2.05) is 29.6 Å². The first-order valence-corrected chi connectivity index (χ1v) is 12.5. The third-order valence-electron chi connectivity index (χ3n) is 4.90. The predicted octanol–water partition coefficient (Wildman–Crippen LogP) is 3.63. The summed E-state index contributed by atoms with van der Waals surface area (Å²) in [4.78, 5) is 32.4. The molecule has 9 heteroatoms. The second-order valence-corrected chi connectivity index (χ2v) is 9.90. The zero-order chi connectivity index (χ0) is 23.5. The second-order valence-electron chi connectivity index (χ2n) is 6.99. The lowest BCUT2D eigenvalue weighted by atomic mass is 10.0. The molecule has 0 amide bonds. The molecule has 2 aromatic heterocycles. The van der Waals surface area contributed by atoms with E-state index in [0.717, 1.165) is 9.35 Å². The van der Waals surface area contributed by atoms with Gasteiger partial charge in [0, 0.05) is 14.9 Å². The van der Waals surface area contributed by atoms with Gasteiger partial charge >= 0.3 is 5.97 Å². The molecule has 0 fully saturated rings. The number of nitrogens with zero attached hydrogens (tertiary/aromatic N) is 2. The molecule has 0 saturated carbocycles. The summed E-state index contributed by atoms with van der Waals surface area (Å²) in [5.41, 5.74) is 1.38. The molecule has 1 aromatic carbocycles. The number of rotatable bonds is 6. The standard InChI is InChI=1S/C24H19BrN2O4S2/c1-4-10-31-17-9-8-16(25)12-15(17)13-19-22(28)27-21(18-7-6-11-32-18)20(23(29)30-5-2)14(3)26-24(27)33-19/h1,6-9,11-13,21H,5,10H2,2-3H3/b19-13-/t21-/m0/s1. The largest absolute Gasteiger partial charge is 0.480 e. The zero-order valence-electron chi connectivity index (χ0n) is 17.8. The lowest BCUT2D eigenvalue weighted by molar-refractivity contribution is -0.139. The molecule has 33 heavy (non-hydrogen) atoms. The lowest BCUT2D eigenvalue weighted by Gasteiger charge is -2.23. The van der Waals surface area contributed by atoms with Crippen LogP contribution in [0.25, 0.3) is 6.08 Å². The van der Waals surface area contributed by atoms with Crippen LogP contribution < -0.4 is 19.6 Å². The fourth-order valence-corrected chi connectivity index (χ4v) is 5.77. The number of carbonyl (C=O) groups is 1. The molecule has 168 valence electrons. The van der Waals surface area contributed by atoms with Crippen molar-refractivity contribution in [2.75, 3.05) is 13.2 Å². The highest BCUT2D eigenvalue weighted by Gasteiger charge is 2.33. The van der Waals surface area contributed by atoms with Crippen molar-refractivity contribution in [1.29, 1.82) is 0 Å². The monoisotopic (exact) mass is 542 g/mol. The van der Waals surface area contributed by atoms with Gasteiger partial charge in [-0.25, -0.2) is 9.79 Å². The van der Waals surface area contributed by atoms with Crippen molar-refractivity contribution in [3.63, 3.8) is 0 Å². The summed E-state index contributed by atoms with van der Waals surface area (Å²) in [6, 6.07) is 8.70. The minimum absolute atomic E-state index is 0.115. The van der Waals surface area contributed by atoms with Gasteiger partial charge in [-0.2, -0.15) is 0 Å². The number of halogens is 1. The summed E-state index contributed by atoms with van der Waals surface area (Å²) in [5, 5.41) is 1.92. The number of terminal acetylenes is 1. The number of hydrogen-bond acceptors (Lipinski definition) is 7. The van der Waals surface area contributed by atoms with Gasteiger partial charge in [0.1, 0.15) is 18.4 Å². The van der Waals surface area contributed by atoms with Crippen LogP contribution in [-0.2, 0) is 9.53 Å². The number of carbonyl (C=O) groups excluding carboxylic acids is 1. The Labute approximate surface area is 206 Å². The van der Waals surface area contributed by atoms with Crippen molar-refractivity contribution in [2.24, 2.45) is 4.99 Å². The van der Waals surface area contributed by atoms with Crippen LogP contribution in [0.2, 0.25) is 0 Å². The zero-order valence-corrected chi connectivity index (χ0v) is 21.1. The summed E-state index contributed by atoms with van der Waals surface area (Å²) < 4.78 is 13.8. The Balaban J connectivity index is 1.92. The van der Waals surface area contributed by atoms with Crippen LogP contribution in [0.15, 0.2) is 61.2 Å². The lowest BCUT2D eigenvalue weighted by Crippen LogP contribution is -2.39. The van der Waals surface area contributed by atoms with Gasteiger partial charge in [-0.1, -0.05) is 39.3 Å². The molecule has 0 radical (unpaired) electrons. The van der Waals surface area contributed by atoms with Crippen LogP contribution >= 0.6 is 38.6 Å². The van der Waals surface area contributed by atoms with Gasteiger partial charge < -0.3 is 9.47 Å². The van der Waals surface area contributed by atoms with E-state index in [9.17, 15) is 9.59 Å². The van der Waals surface area contributed by atoms with E-state index in [2.05, 4.69) is 26.8 Å². The molecule has 0 spiro atoms. The molecule has 0 saturated heterocycles. The first-order valence-electron chi connectivity index (χ1n) is 10.0. The van der Waals surface area contributed by atoms with Crippen LogP contribution in [0.3, 0.4) is 0 Å². The summed E-state index contributed by atoms with van der Waals surface area (Å²) in [5.74, 6) is 2.55. The molecule has 0 aliphatic carbocycles. The topological polar surface area (TPSA) is 69.9 Å². The molecule has 3 aromatic rings. The van der Waals surface area contributed by atoms with Crippen LogP contribution in [0, 0.1) is 12.3 Å². The maximum atomic E-state index is 13.6. The van der Waals surface area contributed by atoms with Crippen LogP contribution in [0.4, 0.5) is 0 Å².